The van der Waals surface area contributed by atoms with Gasteiger partial charge in [-0.3, -0.25) is 4.79 Å². The van der Waals surface area contributed by atoms with Crippen LogP contribution >= 0.6 is 0 Å². The van der Waals surface area contributed by atoms with Crippen molar-refractivity contribution < 1.29 is 14.6 Å². The van der Waals surface area contributed by atoms with Gasteiger partial charge in [0, 0.05) is 19.7 Å². The Bertz CT molecular complexity index is 441. The maximum atomic E-state index is 12.4. The minimum atomic E-state index is -0.101. The third kappa shape index (κ3) is 2.82. The molecule has 2 rings (SSSR count). The summed E-state index contributed by atoms with van der Waals surface area (Å²) in [6.45, 7) is 3.01. The van der Waals surface area contributed by atoms with Crippen LogP contribution in [0.2, 0.25) is 0 Å². The highest BCUT2D eigenvalue weighted by atomic mass is 16.5. The molecule has 1 amide bonds. The standard InChI is InChI=1S/C14H19NO3/c1-10-3-6-13(16)12(9-10)14(17)15(7-8-18-2)11-4-5-11/h3,6,9,11,16H,4-5,7-8H2,1-2H3. The Hall–Kier alpha value is -1.55. The summed E-state index contributed by atoms with van der Waals surface area (Å²) in [4.78, 5) is 14.2. The highest BCUT2D eigenvalue weighted by Crippen LogP contribution is 2.30. The Balaban J connectivity index is 2.19. The number of aryl methyl sites for hydroxylation is 1. The number of amides is 1. The van der Waals surface area contributed by atoms with Crippen molar-refractivity contribution in [2.45, 2.75) is 25.8 Å². The summed E-state index contributed by atoms with van der Waals surface area (Å²) in [5, 5.41) is 9.80. The zero-order valence-corrected chi connectivity index (χ0v) is 10.8. The minimum absolute atomic E-state index is 0.0497. The van der Waals surface area contributed by atoms with Gasteiger partial charge in [0.1, 0.15) is 5.75 Å². The van der Waals surface area contributed by atoms with E-state index in [1.54, 1.807) is 30.2 Å². The summed E-state index contributed by atoms with van der Waals surface area (Å²) in [5.41, 5.74) is 1.36. The summed E-state index contributed by atoms with van der Waals surface area (Å²) in [7, 11) is 1.62. The van der Waals surface area contributed by atoms with Gasteiger partial charge < -0.3 is 14.7 Å². The normalized spacial score (nSPS) is 14.6. The lowest BCUT2D eigenvalue weighted by atomic mass is 10.1. The van der Waals surface area contributed by atoms with Crippen LogP contribution in [0.5, 0.6) is 5.75 Å². The van der Waals surface area contributed by atoms with Crippen LogP contribution in [-0.2, 0) is 4.74 Å². The minimum Gasteiger partial charge on any atom is -0.507 e. The van der Waals surface area contributed by atoms with Crippen molar-refractivity contribution in [3.8, 4) is 5.75 Å². The second-order valence-electron chi connectivity index (χ2n) is 4.74. The summed E-state index contributed by atoms with van der Waals surface area (Å²) in [6, 6.07) is 5.42. The van der Waals surface area contributed by atoms with Crippen LogP contribution in [0.3, 0.4) is 0 Å². The molecule has 4 nitrogen and oxygen atoms in total. The van der Waals surface area contributed by atoms with Gasteiger partial charge in [-0.1, -0.05) is 11.6 Å². The molecule has 1 fully saturated rings. The number of phenolic OH excluding ortho intramolecular Hbond substituents is 1. The third-order valence-electron chi connectivity index (χ3n) is 3.17. The van der Waals surface area contributed by atoms with Gasteiger partial charge in [-0.15, -0.1) is 0 Å². The Morgan fingerprint density at radius 1 is 1.50 bits per heavy atom. The van der Waals surface area contributed by atoms with Gasteiger partial charge in [0.2, 0.25) is 0 Å². The fourth-order valence-electron chi connectivity index (χ4n) is 2.00. The van der Waals surface area contributed by atoms with Crippen LogP contribution in [-0.4, -0.2) is 42.2 Å². The molecule has 4 heteroatoms. The average Bonchev–Trinajstić information content (AvgIpc) is 3.17. The molecule has 1 aromatic rings. The van der Waals surface area contributed by atoms with Crippen molar-refractivity contribution in [2.75, 3.05) is 20.3 Å². The van der Waals surface area contributed by atoms with E-state index in [0.717, 1.165) is 18.4 Å². The number of phenols is 1. The number of hydrogen-bond acceptors (Lipinski definition) is 3. The van der Waals surface area contributed by atoms with E-state index in [9.17, 15) is 9.90 Å². The summed E-state index contributed by atoms with van der Waals surface area (Å²) in [5.74, 6) is -0.0515. The first-order valence-electron chi connectivity index (χ1n) is 6.23. The van der Waals surface area contributed by atoms with Crippen molar-refractivity contribution >= 4 is 5.91 Å². The van der Waals surface area contributed by atoms with Gasteiger partial charge in [-0.2, -0.15) is 0 Å². The summed E-state index contributed by atoms with van der Waals surface area (Å²) < 4.78 is 5.03. The van der Waals surface area contributed by atoms with Gasteiger partial charge in [0.05, 0.1) is 12.2 Å². The molecule has 0 bridgehead atoms. The van der Waals surface area contributed by atoms with E-state index in [-0.39, 0.29) is 11.7 Å². The number of aromatic hydroxyl groups is 1. The lowest BCUT2D eigenvalue weighted by Gasteiger charge is -2.22. The largest absolute Gasteiger partial charge is 0.507 e. The number of carbonyl (C=O) groups is 1. The molecule has 0 saturated heterocycles. The van der Waals surface area contributed by atoms with Gasteiger partial charge in [-0.25, -0.2) is 0 Å². The van der Waals surface area contributed by atoms with Crippen LogP contribution < -0.4 is 0 Å². The Morgan fingerprint density at radius 2 is 2.22 bits per heavy atom. The van der Waals surface area contributed by atoms with E-state index in [4.69, 9.17) is 4.74 Å². The lowest BCUT2D eigenvalue weighted by molar-refractivity contribution is 0.0677. The predicted molar refractivity (Wildman–Crippen MR) is 68.8 cm³/mol. The Morgan fingerprint density at radius 3 is 2.83 bits per heavy atom. The first kappa shape index (κ1) is 12.9. The molecule has 1 saturated carbocycles. The highest BCUT2D eigenvalue weighted by Gasteiger charge is 2.33. The maximum Gasteiger partial charge on any atom is 0.257 e. The van der Waals surface area contributed by atoms with Gasteiger partial charge in [0.15, 0.2) is 0 Å². The number of methoxy groups -OCH3 is 1. The molecule has 0 atom stereocenters. The number of hydrogen-bond donors (Lipinski definition) is 1. The highest BCUT2D eigenvalue weighted by molar-refractivity contribution is 5.97. The molecule has 1 aliphatic carbocycles. The van der Waals surface area contributed by atoms with Crippen molar-refractivity contribution in [1.29, 1.82) is 0 Å². The molecule has 0 aliphatic heterocycles. The van der Waals surface area contributed by atoms with Crippen LogP contribution in [0, 0.1) is 6.92 Å². The lowest BCUT2D eigenvalue weighted by Crippen LogP contribution is -2.35. The molecule has 0 aromatic heterocycles. The quantitative estimate of drug-likeness (QED) is 0.867. The average molecular weight is 249 g/mol. The number of carbonyl (C=O) groups excluding carboxylic acids is 1. The molecule has 0 heterocycles. The van der Waals surface area contributed by atoms with Crippen molar-refractivity contribution in [1.82, 2.24) is 4.90 Å². The molecule has 0 spiro atoms. The molecule has 1 aromatic carbocycles. The zero-order valence-electron chi connectivity index (χ0n) is 10.8. The Labute approximate surface area is 107 Å². The molecule has 0 unspecified atom stereocenters. The second kappa shape index (κ2) is 5.40. The van der Waals surface area contributed by atoms with E-state index >= 15 is 0 Å². The van der Waals surface area contributed by atoms with Crippen molar-refractivity contribution in [3.63, 3.8) is 0 Å². The van der Waals surface area contributed by atoms with E-state index in [1.165, 1.54) is 0 Å². The SMILES string of the molecule is COCCN(C(=O)c1cc(C)ccc1O)C1CC1. The van der Waals surface area contributed by atoms with Crippen LogP contribution in [0.4, 0.5) is 0 Å². The maximum absolute atomic E-state index is 12.4. The van der Waals surface area contributed by atoms with E-state index in [1.807, 2.05) is 6.92 Å². The molecular formula is C14H19NO3. The number of nitrogens with zero attached hydrogens (tertiary/aromatic N) is 1. The molecule has 98 valence electrons. The van der Waals surface area contributed by atoms with E-state index < -0.39 is 0 Å². The number of rotatable bonds is 5. The fraction of sp³-hybridized carbons (Fsp3) is 0.500. The molecule has 0 radical (unpaired) electrons. The molecule has 18 heavy (non-hydrogen) atoms. The van der Waals surface area contributed by atoms with Crippen LogP contribution in [0.15, 0.2) is 18.2 Å². The monoisotopic (exact) mass is 249 g/mol. The second-order valence-corrected chi connectivity index (χ2v) is 4.74. The van der Waals surface area contributed by atoms with E-state index in [2.05, 4.69) is 0 Å². The van der Waals surface area contributed by atoms with Crippen LogP contribution in [0.25, 0.3) is 0 Å². The number of benzene rings is 1. The van der Waals surface area contributed by atoms with Gasteiger partial charge in [0.25, 0.3) is 5.91 Å². The van der Waals surface area contributed by atoms with Crippen LogP contribution in [0.1, 0.15) is 28.8 Å². The third-order valence-corrected chi connectivity index (χ3v) is 3.17. The zero-order chi connectivity index (χ0) is 13.1. The summed E-state index contributed by atoms with van der Waals surface area (Å²) >= 11 is 0. The molecular weight excluding hydrogens is 230 g/mol. The first-order valence-corrected chi connectivity index (χ1v) is 6.23. The van der Waals surface area contributed by atoms with Crippen molar-refractivity contribution in [2.24, 2.45) is 0 Å². The topological polar surface area (TPSA) is 49.8 Å². The van der Waals surface area contributed by atoms with Gasteiger partial charge >= 0.3 is 0 Å². The summed E-state index contributed by atoms with van der Waals surface area (Å²) in [6.07, 6.45) is 2.09. The first-order chi connectivity index (χ1) is 8.63. The van der Waals surface area contributed by atoms with Crippen molar-refractivity contribution in [3.05, 3.63) is 29.3 Å². The van der Waals surface area contributed by atoms with Gasteiger partial charge in [-0.05, 0) is 31.9 Å². The molecule has 1 N–H and O–H groups in total. The predicted octanol–water partition coefficient (Wildman–Crippen LogP) is 1.95. The number of ether oxygens (including phenoxy) is 1. The fourth-order valence-corrected chi connectivity index (χ4v) is 2.00. The van der Waals surface area contributed by atoms with E-state index in [0.29, 0.717) is 24.8 Å². The Kier molecular flexibility index (Phi) is 3.87. The smallest absolute Gasteiger partial charge is 0.257 e. The molecule has 1 aliphatic rings.